The Bertz CT molecular complexity index is 271. The Balaban J connectivity index is 2.49. The predicted octanol–water partition coefficient (Wildman–Crippen LogP) is 4.03. The highest BCUT2D eigenvalue weighted by Crippen LogP contribution is 2.25. The minimum Gasteiger partial charge on any atom is -0.373 e. The van der Waals surface area contributed by atoms with Crippen LogP contribution in [-0.4, -0.2) is 6.10 Å². The topological polar surface area (TPSA) is 9.23 Å². The summed E-state index contributed by atoms with van der Waals surface area (Å²) in [7, 11) is 0. The molecule has 1 nitrogen and oxygen atoms in total. The van der Waals surface area contributed by atoms with Crippen molar-refractivity contribution in [1.29, 1.82) is 0 Å². The number of benzene rings is 1. The fourth-order valence-electron chi connectivity index (χ4n) is 1.75. The zero-order valence-electron chi connectivity index (χ0n) is 10.3. The maximum absolute atomic E-state index is 5.94. The van der Waals surface area contributed by atoms with Crippen molar-refractivity contribution in [3.05, 3.63) is 35.9 Å². The van der Waals surface area contributed by atoms with Gasteiger partial charge in [0, 0.05) is 0 Å². The van der Waals surface area contributed by atoms with Gasteiger partial charge in [-0.1, -0.05) is 58.0 Å². The number of ether oxygens (including phenoxy) is 1. The van der Waals surface area contributed by atoms with Crippen molar-refractivity contribution in [1.82, 2.24) is 0 Å². The molecule has 0 aliphatic heterocycles. The minimum absolute atomic E-state index is 0.226. The molecule has 0 fully saturated rings. The molecule has 15 heavy (non-hydrogen) atoms. The van der Waals surface area contributed by atoms with Crippen LogP contribution in [-0.2, 0) is 11.3 Å². The van der Waals surface area contributed by atoms with Gasteiger partial charge in [-0.3, -0.25) is 0 Å². The highest BCUT2D eigenvalue weighted by Gasteiger charge is 2.23. The van der Waals surface area contributed by atoms with Gasteiger partial charge in [0.05, 0.1) is 12.7 Å². The lowest BCUT2D eigenvalue weighted by Crippen LogP contribution is -2.28. The molecular formula is C14H22O. The summed E-state index contributed by atoms with van der Waals surface area (Å²) in [6, 6.07) is 10.3. The van der Waals surface area contributed by atoms with Crippen LogP contribution in [0.1, 0.15) is 39.7 Å². The molecule has 0 bridgehead atoms. The van der Waals surface area contributed by atoms with E-state index in [4.69, 9.17) is 4.74 Å². The van der Waals surface area contributed by atoms with Crippen LogP contribution in [0.5, 0.6) is 0 Å². The molecule has 1 aromatic rings. The van der Waals surface area contributed by atoms with E-state index >= 15 is 0 Å². The van der Waals surface area contributed by atoms with Crippen LogP contribution in [0.3, 0.4) is 0 Å². The molecule has 0 heterocycles. The number of rotatable bonds is 4. The predicted molar refractivity (Wildman–Crippen MR) is 64.8 cm³/mol. The fourth-order valence-corrected chi connectivity index (χ4v) is 1.75. The van der Waals surface area contributed by atoms with Crippen molar-refractivity contribution in [2.45, 2.75) is 46.8 Å². The van der Waals surface area contributed by atoms with Crippen molar-refractivity contribution in [3.63, 3.8) is 0 Å². The van der Waals surface area contributed by atoms with E-state index in [1.54, 1.807) is 0 Å². The van der Waals surface area contributed by atoms with E-state index in [0.717, 1.165) is 13.0 Å². The Morgan fingerprint density at radius 1 is 1.13 bits per heavy atom. The third kappa shape index (κ3) is 4.05. The van der Waals surface area contributed by atoms with Gasteiger partial charge in [-0.15, -0.1) is 0 Å². The third-order valence-corrected chi connectivity index (χ3v) is 2.63. The van der Waals surface area contributed by atoms with E-state index in [9.17, 15) is 0 Å². The quantitative estimate of drug-likeness (QED) is 0.722. The van der Waals surface area contributed by atoms with Crippen molar-refractivity contribution < 1.29 is 4.74 Å². The van der Waals surface area contributed by atoms with Gasteiger partial charge in [-0.25, -0.2) is 0 Å². The van der Waals surface area contributed by atoms with E-state index in [1.807, 2.05) is 6.07 Å². The lowest BCUT2D eigenvalue weighted by molar-refractivity contribution is -0.0299. The first-order valence-corrected chi connectivity index (χ1v) is 5.69. The molecule has 1 unspecified atom stereocenters. The van der Waals surface area contributed by atoms with E-state index in [2.05, 4.69) is 52.0 Å². The number of hydrogen-bond acceptors (Lipinski definition) is 1. The first-order chi connectivity index (χ1) is 7.04. The fraction of sp³-hybridized carbons (Fsp3) is 0.571. The summed E-state index contributed by atoms with van der Waals surface area (Å²) >= 11 is 0. The van der Waals surface area contributed by atoms with Crippen LogP contribution in [0.2, 0.25) is 0 Å². The molecule has 1 aromatic carbocycles. The highest BCUT2D eigenvalue weighted by molar-refractivity contribution is 5.13. The van der Waals surface area contributed by atoms with Gasteiger partial charge in [-0.05, 0) is 17.4 Å². The smallest absolute Gasteiger partial charge is 0.0720 e. The highest BCUT2D eigenvalue weighted by atomic mass is 16.5. The average molecular weight is 206 g/mol. The maximum atomic E-state index is 5.94. The Kier molecular flexibility index (Phi) is 4.34. The molecule has 1 atom stereocenters. The Hall–Kier alpha value is -0.820. The molecule has 0 spiro atoms. The van der Waals surface area contributed by atoms with E-state index < -0.39 is 0 Å². The van der Waals surface area contributed by atoms with Crippen LogP contribution in [0.25, 0.3) is 0 Å². The third-order valence-electron chi connectivity index (χ3n) is 2.63. The summed E-state index contributed by atoms with van der Waals surface area (Å²) in [6.45, 7) is 9.59. The summed E-state index contributed by atoms with van der Waals surface area (Å²) in [5.41, 5.74) is 1.48. The standard InChI is InChI=1S/C14H22O/c1-5-13(14(2,3)4)15-11-12-9-7-6-8-10-12/h6-10,13H,5,11H2,1-4H3. The molecule has 0 amide bonds. The molecular weight excluding hydrogens is 184 g/mol. The van der Waals surface area contributed by atoms with Gasteiger partial charge >= 0.3 is 0 Å². The number of hydrogen-bond donors (Lipinski definition) is 0. The SMILES string of the molecule is CCC(OCc1ccccc1)C(C)(C)C. The first kappa shape index (κ1) is 12.3. The zero-order valence-corrected chi connectivity index (χ0v) is 10.3. The lowest BCUT2D eigenvalue weighted by Gasteiger charge is -2.29. The largest absolute Gasteiger partial charge is 0.373 e. The summed E-state index contributed by atoms with van der Waals surface area (Å²) in [5.74, 6) is 0. The van der Waals surface area contributed by atoms with Crippen LogP contribution in [0.15, 0.2) is 30.3 Å². The maximum Gasteiger partial charge on any atom is 0.0720 e. The Labute approximate surface area is 93.5 Å². The molecule has 84 valence electrons. The molecule has 0 saturated heterocycles. The van der Waals surface area contributed by atoms with Crippen molar-refractivity contribution in [3.8, 4) is 0 Å². The molecule has 0 aliphatic rings. The second-order valence-electron chi connectivity index (χ2n) is 5.06. The second-order valence-corrected chi connectivity index (χ2v) is 5.06. The van der Waals surface area contributed by atoms with E-state index in [0.29, 0.717) is 6.10 Å². The monoisotopic (exact) mass is 206 g/mol. The minimum atomic E-state index is 0.226. The van der Waals surface area contributed by atoms with Gasteiger partial charge in [0.1, 0.15) is 0 Å². The van der Waals surface area contributed by atoms with Crippen LogP contribution in [0, 0.1) is 5.41 Å². The van der Waals surface area contributed by atoms with Crippen molar-refractivity contribution in [2.75, 3.05) is 0 Å². The van der Waals surface area contributed by atoms with Gasteiger partial charge in [0.25, 0.3) is 0 Å². The van der Waals surface area contributed by atoms with Crippen molar-refractivity contribution >= 4 is 0 Å². The Morgan fingerprint density at radius 3 is 2.20 bits per heavy atom. The van der Waals surface area contributed by atoms with Gasteiger partial charge in [0.15, 0.2) is 0 Å². The first-order valence-electron chi connectivity index (χ1n) is 5.69. The van der Waals surface area contributed by atoms with E-state index in [-0.39, 0.29) is 5.41 Å². The molecule has 1 rings (SSSR count). The molecule has 0 aliphatic carbocycles. The second kappa shape index (κ2) is 5.32. The lowest BCUT2D eigenvalue weighted by atomic mass is 9.87. The summed E-state index contributed by atoms with van der Waals surface area (Å²) in [6.07, 6.45) is 1.40. The molecule has 0 saturated carbocycles. The van der Waals surface area contributed by atoms with Crippen molar-refractivity contribution in [2.24, 2.45) is 5.41 Å². The van der Waals surface area contributed by atoms with Gasteiger partial charge in [0.2, 0.25) is 0 Å². The summed E-state index contributed by atoms with van der Waals surface area (Å²) in [4.78, 5) is 0. The molecule has 0 N–H and O–H groups in total. The average Bonchev–Trinajstić information content (AvgIpc) is 2.18. The zero-order chi connectivity index (χ0) is 11.3. The van der Waals surface area contributed by atoms with E-state index in [1.165, 1.54) is 5.56 Å². The van der Waals surface area contributed by atoms with Crippen LogP contribution >= 0.6 is 0 Å². The van der Waals surface area contributed by atoms with Crippen LogP contribution < -0.4 is 0 Å². The molecule has 0 radical (unpaired) electrons. The summed E-state index contributed by atoms with van der Waals surface area (Å²) < 4.78 is 5.94. The van der Waals surface area contributed by atoms with Gasteiger partial charge < -0.3 is 4.74 Å². The van der Waals surface area contributed by atoms with Crippen LogP contribution in [0.4, 0.5) is 0 Å². The molecule has 1 heteroatoms. The van der Waals surface area contributed by atoms with Gasteiger partial charge in [-0.2, -0.15) is 0 Å². The Morgan fingerprint density at radius 2 is 1.73 bits per heavy atom. The molecule has 0 aromatic heterocycles. The normalized spacial score (nSPS) is 13.9. The summed E-state index contributed by atoms with van der Waals surface area (Å²) in [5, 5.41) is 0.